The van der Waals surface area contributed by atoms with Gasteiger partial charge in [0.2, 0.25) is 0 Å². The smallest absolute Gasteiger partial charge is 0.407 e. The molecule has 6 nitrogen and oxygen atoms in total. The molecule has 0 aromatic carbocycles. The zero-order valence-electron chi connectivity index (χ0n) is 13.7. The summed E-state index contributed by atoms with van der Waals surface area (Å²) < 4.78 is 28.2. The van der Waals surface area contributed by atoms with Crippen molar-refractivity contribution in [2.75, 3.05) is 18.1 Å². The quantitative estimate of drug-likeness (QED) is 0.796. The maximum absolute atomic E-state index is 11.7. The van der Waals surface area contributed by atoms with Gasteiger partial charge in [0.1, 0.15) is 15.4 Å². The number of ether oxygens (including phenoxy) is 1. The fourth-order valence-corrected chi connectivity index (χ4v) is 4.22. The van der Waals surface area contributed by atoms with Crippen LogP contribution in [0.5, 0.6) is 0 Å². The molecular weight excluding hydrogens is 304 g/mol. The molecule has 1 amide bonds. The number of nitrogens with one attached hydrogen (secondary N) is 2. The third-order valence-corrected chi connectivity index (χ3v) is 5.78. The van der Waals surface area contributed by atoms with Crippen LogP contribution in [0.25, 0.3) is 0 Å². The molecule has 1 saturated heterocycles. The highest BCUT2D eigenvalue weighted by Crippen LogP contribution is 2.33. The van der Waals surface area contributed by atoms with Crippen molar-refractivity contribution in [3.05, 3.63) is 0 Å². The molecule has 2 aliphatic rings. The van der Waals surface area contributed by atoms with Crippen LogP contribution in [0.4, 0.5) is 4.79 Å². The van der Waals surface area contributed by atoms with Gasteiger partial charge in [0.05, 0.1) is 11.5 Å². The Balaban J connectivity index is 1.77. The molecule has 128 valence electrons. The molecule has 0 spiro atoms. The van der Waals surface area contributed by atoms with Crippen molar-refractivity contribution in [2.24, 2.45) is 5.92 Å². The number of rotatable bonds is 5. The molecule has 0 bridgehead atoms. The summed E-state index contributed by atoms with van der Waals surface area (Å²) in [5, 5.41) is 6.36. The average Bonchev–Trinajstić information content (AvgIpc) is 3.18. The molecule has 1 saturated carbocycles. The van der Waals surface area contributed by atoms with E-state index in [0.717, 1.165) is 0 Å². The monoisotopic (exact) mass is 332 g/mol. The molecule has 7 heteroatoms. The molecule has 0 aromatic rings. The van der Waals surface area contributed by atoms with Crippen LogP contribution >= 0.6 is 0 Å². The molecule has 1 aliphatic carbocycles. The van der Waals surface area contributed by atoms with Crippen molar-refractivity contribution in [1.29, 1.82) is 0 Å². The van der Waals surface area contributed by atoms with E-state index in [1.54, 1.807) is 0 Å². The number of hydrogen-bond acceptors (Lipinski definition) is 5. The lowest BCUT2D eigenvalue weighted by atomic mass is 10.1. The normalized spacial score (nSPS) is 23.8. The van der Waals surface area contributed by atoms with E-state index < -0.39 is 21.5 Å². The summed E-state index contributed by atoms with van der Waals surface area (Å²) in [5.41, 5.74) is -0.496. The van der Waals surface area contributed by atoms with E-state index in [0.29, 0.717) is 25.3 Å². The predicted octanol–water partition coefficient (Wildman–Crippen LogP) is 1.46. The summed E-state index contributed by atoms with van der Waals surface area (Å²) >= 11 is 0. The second-order valence-corrected chi connectivity index (χ2v) is 9.72. The second kappa shape index (κ2) is 6.74. The molecule has 1 heterocycles. The Kier molecular flexibility index (Phi) is 5.37. The molecule has 2 rings (SSSR count). The summed E-state index contributed by atoms with van der Waals surface area (Å²) in [7, 11) is -2.83. The highest BCUT2D eigenvalue weighted by Gasteiger charge is 2.34. The zero-order valence-corrected chi connectivity index (χ0v) is 14.5. The van der Waals surface area contributed by atoms with E-state index in [4.69, 9.17) is 4.74 Å². The highest BCUT2D eigenvalue weighted by atomic mass is 32.2. The van der Waals surface area contributed by atoms with E-state index >= 15 is 0 Å². The number of sulfone groups is 1. The van der Waals surface area contributed by atoms with Crippen LogP contribution in [-0.2, 0) is 14.6 Å². The first-order valence-electron chi connectivity index (χ1n) is 8.08. The van der Waals surface area contributed by atoms with Crippen LogP contribution in [0.15, 0.2) is 0 Å². The summed E-state index contributed by atoms with van der Waals surface area (Å²) in [6.07, 6.45) is 3.26. The van der Waals surface area contributed by atoms with Crippen molar-refractivity contribution < 1.29 is 17.9 Å². The Bertz CT molecular complexity index is 480. The average molecular weight is 332 g/mol. The van der Waals surface area contributed by atoms with E-state index in [1.807, 2.05) is 20.8 Å². The van der Waals surface area contributed by atoms with Gasteiger partial charge in [0.15, 0.2) is 0 Å². The van der Waals surface area contributed by atoms with Gasteiger partial charge in [-0.2, -0.15) is 0 Å². The maximum Gasteiger partial charge on any atom is 0.407 e. The molecule has 0 aromatic heterocycles. The Morgan fingerprint density at radius 2 is 1.77 bits per heavy atom. The summed E-state index contributed by atoms with van der Waals surface area (Å²) in [4.78, 5) is 11.7. The summed E-state index contributed by atoms with van der Waals surface area (Å²) in [5.74, 6) is 1.11. The molecular formula is C15H28N2O4S. The Hall–Kier alpha value is -0.820. The van der Waals surface area contributed by atoms with Crippen LogP contribution < -0.4 is 10.6 Å². The SMILES string of the molecule is CC(C)(C)OC(=O)NCC(NC1CCS(=O)(=O)CC1)C1CC1. The summed E-state index contributed by atoms with van der Waals surface area (Å²) in [6, 6.07) is 0.438. The van der Waals surface area contributed by atoms with Crippen LogP contribution in [0.2, 0.25) is 0 Å². The molecule has 22 heavy (non-hydrogen) atoms. The van der Waals surface area contributed by atoms with Gasteiger partial charge in [-0.1, -0.05) is 0 Å². The highest BCUT2D eigenvalue weighted by molar-refractivity contribution is 7.91. The van der Waals surface area contributed by atoms with Crippen molar-refractivity contribution in [1.82, 2.24) is 10.6 Å². The predicted molar refractivity (Wildman–Crippen MR) is 85.6 cm³/mol. The lowest BCUT2D eigenvalue weighted by molar-refractivity contribution is 0.0520. The molecule has 2 fully saturated rings. The number of alkyl carbamates (subject to hydrolysis) is 1. The van der Waals surface area contributed by atoms with E-state index in [9.17, 15) is 13.2 Å². The largest absolute Gasteiger partial charge is 0.444 e. The number of carbonyl (C=O) groups excluding carboxylic acids is 1. The summed E-state index contributed by atoms with van der Waals surface area (Å²) in [6.45, 7) is 6.05. The number of hydrogen-bond donors (Lipinski definition) is 2. The van der Waals surface area contributed by atoms with Gasteiger partial charge in [-0.05, 0) is 52.4 Å². The van der Waals surface area contributed by atoms with Crippen LogP contribution in [-0.4, -0.2) is 50.2 Å². The Morgan fingerprint density at radius 1 is 1.18 bits per heavy atom. The van der Waals surface area contributed by atoms with E-state index in [-0.39, 0.29) is 23.6 Å². The van der Waals surface area contributed by atoms with Crippen molar-refractivity contribution in [3.63, 3.8) is 0 Å². The molecule has 0 radical (unpaired) electrons. The van der Waals surface area contributed by atoms with E-state index in [2.05, 4.69) is 10.6 Å². The standard InChI is InChI=1S/C15H28N2O4S/c1-15(2,3)21-14(18)16-10-13(11-4-5-11)17-12-6-8-22(19,20)9-7-12/h11-13,17H,4-10H2,1-3H3,(H,16,18). The van der Waals surface area contributed by atoms with Crippen molar-refractivity contribution in [2.45, 2.75) is 64.1 Å². The van der Waals surface area contributed by atoms with Gasteiger partial charge in [-0.25, -0.2) is 13.2 Å². The first-order valence-corrected chi connectivity index (χ1v) is 9.90. The molecule has 1 atom stereocenters. The van der Waals surface area contributed by atoms with E-state index in [1.165, 1.54) is 12.8 Å². The molecule has 1 aliphatic heterocycles. The van der Waals surface area contributed by atoms with Gasteiger partial charge in [0, 0.05) is 18.6 Å². The number of carbonyl (C=O) groups is 1. The van der Waals surface area contributed by atoms with Gasteiger partial charge in [-0.15, -0.1) is 0 Å². The van der Waals surface area contributed by atoms with Gasteiger partial charge in [-0.3, -0.25) is 0 Å². The van der Waals surface area contributed by atoms with Gasteiger partial charge < -0.3 is 15.4 Å². The topological polar surface area (TPSA) is 84.5 Å². The Morgan fingerprint density at radius 3 is 2.27 bits per heavy atom. The van der Waals surface area contributed by atoms with Crippen LogP contribution in [0, 0.1) is 5.92 Å². The fourth-order valence-electron chi connectivity index (χ4n) is 2.73. The van der Waals surface area contributed by atoms with Crippen LogP contribution in [0.1, 0.15) is 46.5 Å². The maximum atomic E-state index is 11.7. The van der Waals surface area contributed by atoms with Gasteiger partial charge in [0.25, 0.3) is 0 Å². The Labute approximate surface area is 133 Å². The van der Waals surface area contributed by atoms with Crippen molar-refractivity contribution >= 4 is 15.9 Å². The van der Waals surface area contributed by atoms with Crippen molar-refractivity contribution in [3.8, 4) is 0 Å². The minimum atomic E-state index is -2.83. The zero-order chi connectivity index (χ0) is 16.4. The first-order chi connectivity index (χ1) is 10.1. The third kappa shape index (κ3) is 6.12. The van der Waals surface area contributed by atoms with Gasteiger partial charge >= 0.3 is 6.09 Å². The first kappa shape index (κ1) is 17.5. The fraction of sp³-hybridized carbons (Fsp3) is 0.933. The van der Waals surface area contributed by atoms with Crippen LogP contribution in [0.3, 0.4) is 0 Å². The minimum absolute atomic E-state index is 0.207. The lowest BCUT2D eigenvalue weighted by Gasteiger charge is -2.29. The number of amides is 1. The minimum Gasteiger partial charge on any atom is -0.444 e. The lowest BCUT2D eigenvalue weighted by Crippen LogP contribution is -2.49. The molecule has 1 unspecified atom stereocenters. The second-order valence-electron chi connectivity index (χ2n) is 7.42. The molecule has 2 N–H and O–H groups in total. The third-order valence-electron chi connectivity index (χ3n) is 4.06.